The molecule has 0 aromatic heterocycles. The SMILES string of the molecule is CC(C)CNC(CO)c1ccc(Cl)cc1Br. The van der Waals surface area contributed by atoms with Gasteiger partial charge in [0.2, 0.25) is 0 Å². The van der Waals surface area contributed by atoms with Crippen LogP contribution in [-0.2, 0) is 0 Å². The largest absolute Gasteiger partial charge is 0.394 e. The van der Waals surface area contributed by atoms with E-state index in [2.05, 4.69) is 35.1 Å². The summed E-state index contributed by atoms with van der Waals surface area (Å²) in [7, 11) is 0. The van der Waals surface area contributed by atoms with Gasteiger partial charge < -0.3 is 10.4 Å². The first-order valence-electron chi connectivity index (χ1n) is 5.33. The van der Waals surface area contributed by atoms with Gasteiger partial charge in [0.1, 0.15) is 0 Å². The lowest BCUT2D eigenvalue weighted by Gasteiger charge is -2.19. The van der Waals surface area contributed by atoms with Gasteiger partial charge in [-0.3, -0.25) is 0 Å². The van der Waals surface area contributed by atoms with Gasteiger partial charge in [-0.25, -0.2) is 0 Å². The van der Waals surface area contributed by atoms with Crippen LogP contribution < -0.4 is 5.32 Å². The molecule has 1 unspecified atom stereocenters. The van der Waals surface area contributed by atoms with Crippen molar-refractivity contribution < 1.29 is 5.11 Å². The van der Waals surface area contributed by atoms with E-state index >= 15 is 0 Å². The van der Waals surface area contributed by atoms with E-state index in [-0.39, 0.29) is 12.6 Å². The number of hydrogen-bond acceptors (Lipinski definition) is 2. The van der Waals surface area contributed by atoms with E-state index in [1.807, 2.05) is 18.2 Å². The monoisotopic (exact) mass is 305 g/mol. The molecule has 0 amide bonds. The number of aliphatic hydroxyl groups is 1. The molecule has 2 N–H and O–H groups in total. The second-order valence-corrected chi connectivity index (χ2v) is 5.49. The van der Waals surface area contributed by atoms with E-state index in [1.165, 1.54) is 0 Å². The minimum absolute atomic E-state index is 0.0472. The van der Waals surface area contributed by atoms with Crippen LogP contribution in [0.5, 0.6) is 0 Å². The first-order chi connectivity index (χ1) is 7.54. The molecule has 16 heavy (non-hydrogen) atoms. The van der Waals surface area contributed by atoms with E-state index in [4.69, 9.17) is 11.6 Å². The first-order valence-corrected chi connectivity index (χ1v) is 6.51. The highest BCUT2D eigenvalue weighted by atomic mass is 79.9. The lowest BCUT2D eigenvalue weighted by molar-refractivity contribution is 0.240. The second-order valence-electron chi connectivity index (χ2n) is 4.20. The fourth-order valence-corrected chi connectivity index (χ4v) is 2.39. The Morgan fingerprint density at radius 1 is 1.44 bits per heavy atom. The van der Waals surface area contributed by atoms with Crippen molar-refractivity contribution in [1.29, 1.82) is 0 Å². The summed E-state index contributed by atoms with van der Waals surface area (Å²) in [4.78, 5) is 0. The van der Waals surface area contributed by atoms with Gasteiger partial charge in [0.05, 0.1) is 12.6 Å². The standard InChI is InChI=1S/C12H17BrClNO/c1-8(2)6-15-12(7-16)10-4-3-9(14)5-11(10)13/h3-5,8,12,15-16H,6-7H2,1-2H3. The van der Waals surface area contributed by atoms with E-state index in [0.717, 1.165) is 16.6 Å². The predicted octanol–water partition coefficient (Wildman–Crippen LogP) is 3.38. The molecule has 0 fully saturated rings. The second kappa shape index (κ2) is 6.60. The number of hydrogen-bond donors (Lipinski definition) is 2. The molecule has 1 aromatic rings. The smallest absolute Gasteiger partial charge is 0.0626 e. The Balaban J connectivity index is 2.78. The number of nitrogens with one attached hydrogen (secondary N) is 1. The van der Waals surface area contributed by atoms with E-state index < -0.39 is 0 Å². The van der Waals surface area contributed by atoms with Gasteiger partial charge in [-0.1, -0.05) is 47.4 Å². The molecule has 4 heteroatoms. The third kappa shape index (κ3) is 4.06. The van der Waals surface area contributed by atoms with Crippen LogP contribution >= 0.6 is 27.5 Å². The molecule has 0 aliphatic heterocycles. The maximum atomic E-state index is 9.37. The van der Waals surface area contributed by atoms with E-state index in [0.29, 0.717) is 10.9 Å². The lowest BCUT2D eigenvalue weighted by atomic mass is 10.1. The van der Waals surface area contributed by atoms with Gasteiger partial charge in [0.15, 0.2) is 0 Å². The third-order valence-electron chi connectivity index (χ3n) is 2.29. The Morgan fingerprint density at radius 3 is 2.62 bits per heavy atom. The highest BCUT2D eigenvalue weighted by molar-refractivity contribution is 9.10. The highest BCUT2D eigenvalue weighted by Gasteiger charge is 2.13. The summed E-state index contributed by atoms with van der Waals surface area (Å²) in [6, 6.07) is 5.56. The molecule has 0 spiro atoms. The van der Waals surface area contributed by atoms with E-state index in [1.54, 1.807) is 0 Å². The van der Waals surface area contributed by atoms with Crippen LogP contribution in [0, 0.1) is 5.92 Å². The molecular weight excluding hydrogens is 289 g/mol. The van der Waals surface area contributed by atoms with Gasteiger partial charge in [0, 0.05) is 9.50 Å². The van der Waals surface area contributed by atoms with Gasteiger partial charge in [-0.05, 0) is 30.2 Å². The molecular formula is C12H17BrClNO. The molecule has 1 rings (SSSR count). The van der Waals surface area contributed by atoms with Crippen molar-refractivity contribution in [1.82, 2.24) is 5.32 Å². The van der Waals surface area contributed by atoms with Gasteiger partial charge in [-0.2, -0.15) is 0 Å². The Hall–Kier alpha value is -0.0900. The van der Waals surface area contributed by atoms with Crippen molar-refractivity contribution in [3.63, 3.8) is 0 Å². The summed E-state index contributed by atoms with van der Waals surface area (Å²) >= 11 is 9.34. The number of halogens is 2. The summed E-state index contributed by atoms with van der Waals surface area (Å²) in [5, 5.41) is 13.4. The van der Waals surface area contributed by atoms with Crippen molar-refractivity contribution in [3.05, 3.63) is 33.3 Å². The Morgan fingerprint density at radius 2 is 2.12 bits per heavy atom. The van der Waals surface area contributed by atoms with Gasteiger partial charge >= 0.3 is 0 Å². The van der Waals surface area contributed by atoms with Crippen molar-refractivity contribution >= 4 is 27.5 Å². The Kier molecular flexibility index (Phi) is 5.76. The average molecular weight is 307 g/mol. The molecule has 0 bridgehead atoms. The van der Waals surface area contributed by atoms with Crippen LogP contribution in [-0.4, -0.2) is 18.3 Å². The molecule has 0 saturated carbocycles. The zero-order chi connectivity index (χ0) is 12.1. The number of rotatable bonds is 5. The normalized spacial score (nSPS) is 13.1. The summed E-state index contributed by atoms with van der Waals surface area (Å²) in [5.41, 5.74) is 1.03. The third-order valence-corrected chi connectivity index (χ3v) is 3.21. The molecule has 1 atom stereocenters. The lowest BCUT2D eigenvalue weighted by Crippen LogP contribution is -2.28. The van der Waals surface area contributed by atoms with Gasteiger partial charge in [-0.15, -0.1) is 0 Å². The molecule has 2 nitrogen and oxygen atoms in total. The fraction of sp³-hybridized carbons (Fsp3) is 0.500. The van der Waals surface area contributed by atoms with Gasteiger partial charge in [0.25, 0.3) is 0 Å². The minimum atomic E-state index is -0.0472. The van der Waals surface area contributed by atoms with Crippen LogP contribution in [0.3, 0.4) is 0 Å². The van der Waals surface area contributed by atoms with E-state index in [9.17, 15) is 5.11 Å². The van der Waals surface area contributed by atoms with Crippen molar-refractivity contribution in [2.75, 3.05) is 13.2 Å². The van der Waals surface area contributed by atoms with Crippen LogP contribution in [0.1, 0.15) is 25.5 Å². The van der Waals surface area contributed by atoms with Crippen LogP contribution in [0.2, 0.25) is 5.02 Å². The van der Waals surface area contributed by atoms with Crippen molar-refractivity contribution in [3.8, 4) is 0 Å². The summed E-state index contributed by atoms with van der Waals surface area (Å²) < 4.78 is 0.926. The summed E-state index contributed by atoms with van der Waals surface area (Å²) in [6.45, 7) is 5.23. The maximum Gasteiger partial charge on any atom is 0.0626 e. The van der Waals surface area contributed by atoms with Crippen LogP contribution in [0.4, 0.5) is 0 Å². The van der Waals surface area contributed by atoms with Crippen LogP contribution in [0.25, 0.3) is 0 Å². The van der Waals surface area contributed by atoms with Crippen LogP contribution in [0.15, 0.2) is 22.7 Å². The zero-order valence-electron chi connectivity index (χ0n) is 9.50. The minimum Gasteiger partial charge on any atom is -0.394 e. The Labute approximate surface area is 110 Å². The van der Waals surface area contributed by atoms with Crippen molar-refractivity contribution in [2.24, 2.45) is 5.92 Å². The zero-order valence-corrected chi connectivity index (χ0v) is 11.8. The maximum absolute atomic E-state index is 9.37. The average Bonchev–Trinajstić information content (AvgIpc) is 2.21. The molecule has 0 aliphatic carbocycles. The highest BCUT2D eigenvalue weighted by Crippen LogP contribution is 2.26. The molecule has 0 saturated heterocycles. The number of benzene rings is 1. The first kappa shape index (κ1) is 14.0. The quantitative estimate of drug-likeness (QED) is 0.874. The fourth-order valence-electron chi connectivity index (χ4n) is 1.43. The molecule has 0 radical (unpaired) electrons. The summed E-state index contributed by atoms with van der Waals surface area (Å²) in [5.74, 6) is 0.556. The van der Waals surface area contributed by atoms with Crippen molar-refractivity contribution in [2.45, 2.75) is 19.9 Å². The molecule has 1 aromatic carbocycles. The predicted molar refractivity (Wildman–Crippen MR) is 71.8 cm³/mol. The number of aliphatic hydroxyl groups excluding tert-OH is 1. The molecule has 0 heterocycles. The summed E-state index contributed by atoms with van der Waals surface area (Å²) in [6.07, 6.45) is 0. The topological polar surface area (TPSA) is 32.3 Å². The Bertz CT molecular complexity index is 344. The molecule has 90 valence electrons. The molecule has 0 aliphatic rings.